The van der Waals surface area contributed by atoms with Gasteiger partial charge in [-0.25, -0.2) is 9.78 Å². The zero-order valence-electron chi connectivity index (χ0n) is 13.8. The Morgan fingerprint density at radius 3 is 2.88 bits per heavy atom. The molecule has 0 spiro atoms. The molecule has 1 aliphatic carbocycles. The Morgan fingerprint density at radius 2 is 2.12 bits per heavy atom. The molecule has 2 atom stereocenters. The minimum Gasteiger partial charge on any atom is -0.464 e. The maximum Gasteiger partial charge on any atom is 0.356 e. The Hall–Kier alpha value is -1.66. The van der Waals surface area contributed by atoms with Crippen LogP contribution in [0.1, 0.15) is 36.2 Å². The maximum absolute atomic E-state index is 11.9. The molecule has 1 aromatic heterocycles. The van der Waals surface area contributed by atoms with E-state index in [-0.39, 0.29) is 6.10 Å². The van der Waals surface area contributed by atoms with Crippen LogP contribution in [0.3, 0.4) is 0 Å². The highest BCUT2D eigenvalue weighted by molar-refractivity contribution is 9.10. The van der Waals surface area contributed by atoms with Crippen LogP contribution in [0.25, 0.3) is 10.9 Å². The summed E-state index contributed by atoms with van der Waals surface area (Å²) in [6.07, 6.45) is 4.57. The maximum atomic E-state index is 11.9. The van der Waals surface area contributed by atoms with Crippen molar-refractivity contribution in [2.24, 2.45) is 0 Å². The molecule has 1 heterocycles. The smallest absolute Gasteiger partial charge is 0.356 e. The summed E-state index contributed by atoms with van der Waals surface area (Å²) in [4.78, 5) is 16.3. The molecule has 0 radical (unpaired) electrons. The van der Waals surface area contributed by atoms with Crippen molar-refractivity contribution in [1.29, 1.82) is 0 Å². The van der Waals surface area contributed by atoms with E-state index >= 15 is 0 Å². The van der Waals surface area contributed by atoms with Gasteiger partial charge in [0, 0.05) is 28.7 Å². The molecule has 2 aromatic rings. The van der Waals surface area contributed by atoms with Crippen LogP contribution in [-0.4, -0.2) is 37.3 Å². The number of anilines is 1. The number of halogens is 1. The molecule has 3 rings (SSSR count). The number of carbonyl (C=O) groups is 1. The van der Waals surface area contributed by atoms with Crippen LogP contribution in [0, 0.1) is 0 Å². The molecule has 1 aromatic carbocycles. The Morgan fingerprint density at radius 1 is 1.29 bits per heavy atom. The lowest BCUT2D eigenvalue weighted by Crippen LogP contribution is -2.31. The van der Waals surface area contributed by atoms with E-state index in [1.54, 1.807) is 13.2 Å². The molecular weight excluding hydrogens is 372 g/mol. The summed E-state index contributed by atoms with van der Waals surface area (Å²) in [5.41, 5.74) is 1.99. The van der Waals surface area contributed by atoms with Gasteiger partial charge in [0.1, 0.15) is 0 Å². The van der Waals surface area contributed by atoms with E-state index in [9.17, 15) is 4.79 Å². The summed E-state index contributed by atoms with van der Waals surface area (Å²) >= 11 is 3.51. The second-order valence-electron chi connectivity index (χ2n) is 6.07. The van der Waals surface area contributed by atoms with Crippen molar-refractivity contribution in [3.05, 3.63) is 34.4 Å². The number of nitrogens with zero attached hydrogens (tertiary/aromatic N) is 1. The highest BCUT2D eigenvalue weighted by Crippen LogP contribution is 2.30. The summed E-state index contributed by atoms with van der Waals surface area (Å²) in [5.74, 6) is -0.429. The molecule has 0 bridgehead atoms. The van der Waals surface area contributed by atoms with Crippen molar-refractivity contribution in [3.63, 3.8) is 0 Å². The monoisotopic (exact) mass is 392 g/mol. The quantitative estimate of drug-likeness (QED) is 0.791. The average molecular weight is 393 g/mol. The normalized spacial score (nSPS) is 20.8. The lowest BCUT2D eigenvalue weighted by atomic mass is 9.92. The van der Waals surface area contributed by atoms with E-state index < -0.39 is 5.97 Å². The summed E-state index contributed by atoms with van der Waals surface area (Å²) in [6.45, 7) is 0. The number of fused-ring (bicyclic) bond motifs is 1. The van der Waals surface area contributed by atoms with Crippen LogP contribution in [0.2, 0.25) is 0 Å². The number of ether oxygens (including phenoxy) is 2. The second kappa shape index (κ2) is 7.49. The molecule has 0 aliphatic heterocycles. The van der Waals surface area contributed by atoms with Gasteiger partial charge in [-0.3, -0.25) is 0 Å². The van der Waals surface area contributed by atoms with E-state index in [1.165, 1.54) is 7.11 Å². The molecule has 0 saturated heterocycles. The van der Waals surface area contributed by atoms with Crippen molar-refractivity contribution in [1.82, 2.24) is 4.98 Å². The zero-order valence-corrected chi connectivity index (χ0v) is 15.4. The number of pyridine rings is 1. The number of carbonyl (C=O) groups excluding carboxylic acids is 1. The molecule has 6 heteroatoms. The van der Waals surface area contributed by atoms with Gasteiger partial charge in [-0.15, -0.1) is 0 Å². The standard InChI is InChI=1S/C18H21BrN2O3/c1-23-13-5-3-4-12(9-13)20-16-10-17(18(22)24-2)21-15-7-6-11(19)8-14(15)16/h6-8,10,12-13H,3-5,9H2,1-2H3,(H,20,21). The number of rotatable bonds is 4. The highest BCUT2D eigenvalue weighted by Gasteiger charge is 2.23. The average Bonchev–Trinajstić information content (AvgIpc) is 2.61. The molecule has 128 valence electrons. The van der Waals surface area contributed by atoms with Gasteiger partial charge in [0.15, 0.2) is 5.69 Å². The fraction of sp³-hybridized carbons (Fsp3) is 0.444. The third-order valence-electron chi connectivity index (χ3n) is 4.48. The molecule has 1 fully saturated rings. The number of benzene rings is 1. The third kappa shape index (κ3) is 3.70. The molecule has 1 saturated carbocycles. The van der Waals surface area contributed by atoms with E-state index in [1.807, 2.05) is 18.2 Å². The summed E-state index contributed by atoms with van der Waals surface area (Å²) in [6, 6.07) is 7.93. The minimum atomic E-state index is -0.429. The van der Waals surface area contributed by atoms with Crippen LogP contribution in [0.15, 0.2) is 28.7 Å². The van der Waals surface area contributed by atoms with E-state index in [0.717, 1.165) is 46.7 Å². The number of aromatic nitrogens is 1. The van der Waals surface area contributed by atoms with Crippen LogP contribution in [0.4, 0.5) is 5.69 Å². The molecular formula is C18H21BrN2O3. The number of esters is 1. The van der Waals surface area contributed by atoms with Crippen LogP contribution >= 0.6 is 15.9 Å². The summed E-state index contributed by atoms with van der Waals surface area (Å²) in [5, 5.41) is 4.57. The first-order chi connectivity index (χ1) is 11.6. The first-order valence-electron chi connectivity index (χ1n) is 8.08. The van der Waals surface area contributed by atoms with Crippen molar-refractivity contribution in [2.75, 3.05) is 19.5 Å². The Kier molecular flexibility index (Phi) is 5.36. The minimum absolute atomic E-state index is 0.288. The largest absolute Gasteiger partial charge is 0.464 e. The van der Waals surface area contributed by atoms with Crippen molar-refractivity contribution in [2.45, 2.75) is 37.8 Å². The lowest BCUT2D eigenvalue weighted by Gasteiger charge is -2.30. The van der Waals surface area contributed by atoms with E-state index in [2.05, 4.69) is 26.2 Å². The Bertz CT molecular complexity index is 750. The van der Waals surface area contributed by atoms with Gasteiger partial charge in [0.2, 0.25) is 0 Å². The SMILES string of the molecule is COC(=O)c1cc(NC2CCCC(OC)C2)c2cc(Br)ccc2n1. The van der Waals surface area contributed by atoms with Gasteiger partial charge in [-0.2, -0.15) is 0 Å². The van der Waals surface area contributed by atoms with E-state index in [0.29, 0.717) is 11.7 Å². The zero-order chi connectivity index (χ0) is 17.1. The fourth-order valence-electron chi connectivity index (χ4n) is 3.24. The number of methoxy groups -OCH3 is 2. The predicted molar refractivity (Wildman–Crippen MR) is 97.5 cm³/mol. The van der Waals surface area contributed by atoms with Crippen molar-refractivity contribution in [3.8, 4) is 0 Å². The van der Waals surface area contributed by atoms with Gasteiger partial charge >= 0.3 is 5.97 Å². The predicted octanol–water partition coefficient (Wildman–Crippen LogP) is 4.15. The van der Waals surface area contributed by atoms with Gasteiger partial charge in [0.05, 0.1) is 18.7 Å². The topological polar surface area (TPSA) is 60.5 Å². The Labute approximate surface area is 149 Å². The molecule has 1 aliphatic rings. The van der Waals surface area contributed by atoms with Gasteiger partial charge in [-0.1, -0.05) is 15.9 Å². The van der Waals surface area contributed by atoms with Crippen molar-refractivity contribution >= 4 is 38.5 Å². The second-order valence-corrected chi connectivity index (χ2v) is 6.99. The van der Waals surface area contributed by atoms with Crippen LogP contribution < -0.4 is 5.32 Å². The number of hydrogen-bond donors (Lipinski definition) is 1. The number of hydrogen-bond acceptors (Lipinski definition) is 5. The molecule has 5 nitrogen and oxygen atoms in total. The molecule has 1 N–H and O–H groups in total. The first kappa shape index (κ1) is 17.2. The third-order valence-corrected chi connectivity index (χ3v) is 4.98. The lowest BCUT2D eigenvalue weighted by molar-refractivity contribution is 0.0594. The van der Waals surface area contributed by atoms with Crippen LogP contribution in [-0.2, 0) is 9.47 Å². The van der Waals surface area contributed by atoms with Crippen molar-refractivity contribution < 1.29 is 14.3 Å². The molecule has 2 unspecified atom stereocenters. The summed E-state index contributed by atoms with van der Waals surface area (Å²) < 4.78 is 11.3. The first-order valence-corrected chi connectivity index (χ1v) is 8.88. The molecule has 24 heavy (non-hydrogen) atoms. The number of nitrogens with one attached hydrogen (secondary N) is 1. The van der Waals surface area contributed by atoms with Gasteiger partial charge in [-0.05, 0) is 49.9 Å². The molecule has 0 amide bonds. The highest BCUT2D eigenvalue weighted by atomic mass is 79.9. The Balaban J connectivity index is 1.97. The fourth-order valence-corrected chi connectivity index (χ4v) is 3.60. The summed E-state index contributed by atoms with van der Waals surface area (Å²) in [7, 11) is 3.13. The van der Waals surface area contributed by atoms with Gasteiger partial charge in [0.25, 0.3) is 0 Å². The van der Waals surface area contributed by atoms with E-state index in [4.69, 9.17) is 9.47 Å². The van der Waals surface area contributed by atoms with Gasteiger partial charge < -0.3 is 14.8 Å². The van der Waals surface area contributed by atoms with Crippen LogP contribution in [0.5, 0.6) is 0 Å².